The third kappa shape index (κ3) is 4.36. The monoisotopic (exact) mass is 143 g/mol. The Kier molecular flexibility index (Phi) is 3.40. The predicted molar refractivity (Wildman–Crippen MR) is 39.0 cm³/mol. The van der Waals surface area contributed by atoms with E-state index in [1.165, 1.54) is 0 Å². The van der Waals surface area contributed by atoms with Crippen LogP contribution in [0.15, 0.2) is 0 Å². The molecule has 0 spiro atoms. The van der Waals surface area contributed by atoms with Gasteiger partial charge in [-0.25, -0.2) is 9.90 Å². The van der Waals surface area contributed by atoms with Crippen LogP contribution in [0.5, 0.6) is 0 Å². The van der Waals surface area contributed by atoms with E-state index < -0.39 is 5.97 Å². The van der Waals surface area contributed by atoms with Crippen molar-refractivity contribution in [2.45, 2.75) is 40.0 Å². The van der Waals surface area contributed by atoms with Gasteiger partial charge in [-0.15, -0.1) is 0 Å². The summed E-state index contributed by atoms with van der Waals surface area (Å²) in [7, 11) is 0. The van der Waals surface area contributed by atoms with Gasteiger partial charge >= 0.3 is 5.97 Å². The highest BCUT2D eigenvalue weighted by Crippen LogP contribution is 2.25. The Hall–Kier alpha value is -0.530. The van der Waals surface area contributed by atoms with Crippen LogP contribution in [0.4, 0.5) is 0 Å². The SMILES string of the molecule is CCC(C)(C)CCC([O])=O. The molecule has 0 fully saturated rings. The van der Waals surface area contributed by atoms with Crippen LogP contribution in [0.2, 0.25) is 0 Å². The smallest absolute Gasteiger partial charge is 0.247 e. The topological polar surface area (TPSA) is 37.0 Å². The molecule has 0 saturated carbocycles. The maximum Gasteiger partial charge on any atom is 0.355 e. The maximum atomic E-state index is 10.1. The molecule has 0 aromatic carbocycles. The first-order valence-corrected chi connectivity index (χ1v) is 3.68. The minimum atomic E-state index is -0.943. The lowest BCUT2D eigenvalue weighted by Gasteiger charge is -2.20. The van der Waals surface area contributed by atoms with Crippen LogP contribution in [0.1, 0.15) is 40.0 Å². The van der Waals surface area contributed by atoms with Gasteiger partial charge in [-0.05, 0) is 11.8 Å². The molecule has 10 heavy (non-hydrogen) atoms. The average molecular weight is 143 g/mol. The second-order valence-corrected chi connectivity index (χ2v) is 3.39. The summed E-state index contributed by atoms with van der Waals surface area (Å²) in [5.74, 6) is -0.943. The predicted octanol–water partition coefficient (Wildman–Crippen LogP) is 2.16. The van der Waals surface area contributed by atoms with Crippen LogP contribution in [-0.2, 0) is 9.90 Å². The lowest BCUT2D eigenvalue weighted by molar-refractivity contribution is -0.143. The molecule has 2 heteroatoms. The van der Waals surface area contributed by atoms with Gasteiger partial charge in [-0.3, -0.25) is 0 Å². The molecule has 59 valence electrons. The van der Waals surface area contributed by atoms with Gasteiger partial charge in [0.1, 0.15) is 0 Å². The minimum Gasteiger partial charge on any atom is -0.247 e. The first-order chi connectivity index (χ1) is 4.48. The number of hydrogen-bond acceptors (Lipinski definition) is 1. The summed E-state index contributed by atoms with van der Waals surface area (Å²) in [6, 6.07) is 0. The second kappa shape index (κ2) is 3.59. The summed E-state index contributed by atoms with van der Waals surface area (Å²) in [5.41, 5.74) is 0.153. The third-order valence-corrected chi connectivity index (χ3v) is 1.96. The fraction of sp³-hybridized carbons (Fsp3) is 0.875. The maximum absolute atomic E-state index is 10.1. The van der Waals surface area contributed by atoms with Crippen molar-refractivity contribution in [3.05, 3.63) is 0 Å². The highest BCUT2D eigenvalue weighted by atomic mass is 16.4. The van der Waals surface area contributed by atoms with Gasteiger partial charge < -0.3 is 0 Å². The van der Waals surface area contributed by atoms with Gasteiger partial charge in [0.25, 0.3) is 0 Å². The molecule has 0 aromatic heterocycles. The van der Waals surface area contributed by atoms with Crippen molar-refractivity contribution in [2.75, 3.05) is 0 Å². The van der Waals surface area contributed by atoms with Gasteiger partial charge in [0.15, 0.2) is 0 Å². The molecule has 0 aromatic rings. The molecule has 0 N–H and O–H groups in total. The molecule has 0 bridgehead atoms. The van der Waals surface area contributed by atoms with Crippen LogP contribution in [0.3, 0.4) is 0 Å². The molecular formula is C8H15O2. The summed E-state index contributed by atoms with van der Waals surface area (Å²) in [6.45, 7) is 6.20. The zero-order chi connectivity index (χ0) is 8.20. The fourth-order valence-corrected chi connectivity index (χ4v) is 0.617. The highest BCUT2D eigenvalue weighted by molar-refractivity contribution is 5.66. The molecule has 0 rings (SSSR count). The molecule has 1 radical (unpaired) electrons. The standard InChI is InChI=1S/C8H15O2/c1-4-8(2,3)6-5-7(9)10/h4-6H2,1-3H3. The van der Waals surface area contributed by atoms with E-state index >= 15 is 0 Å². The van der Waals surface area contributed by atoms with Crippen LogP contribution in [-0.4, -0.2) is 5.97 Å². The van der Waals surface area contributed by atoms with E-state index in [9.17, 15) is 9.90 Å². The van der Waals surface area contributed by atoms with Gasteiger partial charge in [0.2, 0.25) is 0 Å². The Bertz CT molecular complexity index is 116. The summed E-state index contributed by atoms with van der Waals surface area (Å²) >= 11 is 0. The third-order valence-electron chi connectivity index (χ3n) is 1.96. The van der Waals surface area contributed by atoms with Crippen molar-refractivity contribution in [2.24, 2.45) is 5.41 Å². The van der Waals surface area contributed by atoms with Gasteiger partial charge in [-0.1, -0.05) is 27.2 Å². The summed E-state index contributed by atoms with van der Waals surface area (Å²) in [5, 5.41) is 10.1. The molecule has 0 aliphatic heterocycles. The fourth-order valence-electron chi connectivity index (χ4n) is 0.617. The van der Waals surface area contributed by atoms with E-state index in [4.69, 9.17) is 0 Å². The van der Waals surface area contributed by atoms with Crippen LogP contribution >= 0.6 is 0 Å². The van der Waals surface area contributed by atoms with E-state index in [1.54, 1.807) is 0 Å². The summed E-state index contributed by atoms with van der Waals surface area (Å²) in [4.78, 5) is 10.1. The lowest BCUT2D eigenvalue weighted by Crippen LogP contribution is -2.11. The van der Waals surface area contributed by atoms with Crippen molar-refractivity contribution < 1.29 is 9.90 Å². The van der Waals surface area contributed by atoms with Gasteiger partial charge in [0, 0.05) is 0 Å². The molecule has 0 aliphatic carbocycles. The van der Waals surface area contributed by atoms with Crippen LogP contribution < -0.4 is 0 Å². The number of rotatable bonds is 4. The Morgan fingerprint density at radius 2 is 1.90 bits per heavy atom. The minimum absolute atomic E-state index is 0.153. The van der Waals surface area contributed by atoms with E-state index in [0.29, 0.717) is 6.42 Å². The molecular weight excluding hydrogens is 128 g/mol. The molecule has 0 saturated heterocycles. The molecule has 0 aliphatic rings. The number of hydrogen-bond donors (Lipinski definition) is 0. The first kappa shape index (κ1) is 9.47. The Balaban J connectivity index is 3.56. The van der Waals surface area contributed by atoms with E-state index in [0.717, 1.165) is 6.42 Å². The summed E-state index contributed by atoms with van der Waals surface area (Å²) < 4.78 is 0. The zero-order valence-electron chi connectivity index (χ0n) is 6.94. The van der Waals surface area contributed by atoms with Crippen LogP contribution in [0.25, 0.3) is 0 Å². The Morgan fingerprint density at radius 1 is 1.40 bits per heavy atom. The first-order valence-electron chi connectivity index (χ1n) is 3.68. The quantitative estimate of drug-likeness (QED) is 0.594. The van der Waals surface area contributed by atoms with Crippen molar-refractivity contribution in [3.63, 3.8) is 0 Å². The molecule has 0 amide bonds. The normalized spacial score (nSPS) is 11.5. The lowest BCUT2D eigenvalue weighted by atomic mass is 9.85. The van der Waals surface area contributed by atoms with E-state index in [-0.39, 0.29) is 11.8 Å². The van der Waals surface area contributed by atoms with Crippen molar-refractivity contribution in [1.82, 2.24) is 0 Å². The van der Waals surface area contributed by atoms with Crippen molar-refractivity contribution in [1.29, 1.82) is 0 Å². The van der Waals surface area contributed by atoms with Crippen molar-refractivity contribution in [3.8, 4) is 0 Å². The molecule has 0 heterocycles. The van der Waals surface area contributed by atoms with E-state index in [2.05, 4.69) is 20.8 Å². The molecule has 2 nitrogen and oxygen atoms in total. The van der Waals surface area contributed by atoms with Gasteiger partial charge in [-0.2, -0.15) is 0 Å². The largest absolute Gasteiger partial charge is 0.355 e. The Morgan fingerprint density at radius 3 is 2.20 bits per heavy atom. The average Bonchev–Trinajstić information content (AvgIpc) is 1.85. The Labute approximate surface area is 62.2 Å². The zero-order valence-corrected chi connectivity index (χ0v) is 6.94. The van der Waals surface area contributed by atoms with Gasteiger partial charge in [0.05, 0.1) is 6.42 Å². The number of carbonyl (C=O) groups excluding carboxylic acids is 1. The molecule has 0 unspecified atom stereocenters. The second-order valence-electron chi connectivity index (χ2n) is 3.39. The number of carbonyl (C=O) groups is 1. The highest BCUT2D eigenvalue weighted by Gasteiger charge is 2.16. The summed E-state index contributed by atoms with van der Waals surface area (Å²) in [6.07, 6.45) is 1.91. The molecule has 0 atom stereocenters. The van der Waals surface area contributed by atoms with Crippen LogP contribution in [0, 0.1) is 5.41 Å². The van der Waals surface area contributed by atoms with Crippen molar-refractivity contribution >= 4 is 5.97 Å². The van der Waals surface area contributed by atoms with E-state index in [1.807, 2.05) is 0 Å².